The van der Waals surface area contributed by atoms with Crippen LogP contribution in [0, 0.1) is 6.92 Å². The second-order valence-corrected chi connectivity index (χ2v) is 5.72. The highest BCUT2D eigenvalue weighted by atomic mass is 16.3. The van der Waals surface area contributed by atoms with E-state index in [0.29, 0.717) is 28.0 Å². The molecule has 0 saturated carbocycles. The Labute approximate surface area is 139 Å². The Balaban J connectivity index is 2.14. The summed E-state index contributed by atoms with van der Waals surface area (Å²) in [6.07, 6.45) is 1.70. The van der Waals surface area contributed by atoms with Gasteiger partial charge in [0.25, 0.3) is 0 Å². The molecule has 3 heteroatoms. The molecule has 0 radical (unpaired) electrons. The first kappa shape index (κ1) is 14.4. The Morgan fingerprint density at radius 3 is 2.46 bits per heavy atom. The van der Waals surface area contributed by atoms with E-state index >= 15 is 0 Å². The van der Waals surface area contributed by atoms with Crippen molar-refractivity contribution in [3.05, 3.63) is 88.7 Å². The van der Waals surface area contributed by atoms with Crippen LogP contribution in [-0.4, -0.2) is 4.98 Å². The molecule has 24 heavy (non-hydrogen) atoms. The Morgan fingerprint density at radius 2 is 1.71 bits per heavy atom. The fourth-order valence-electron chi connectivity index (χ4n) is 2.85. The lowest BCUT2D eigenvalue weighted by atomic mass is 10.00. The van der Waals surface area contributed by atoms with Crippen LogP contribution >= 0.6 is 0 Å². The highest BCUT2D eigenvalue weighted by Gasteiger charge is 2.18. The molecule has 0 spiro atoms. The fourth-order valence-corrected chi connectivity index (χ4v) is 2.85. The standard InChI is InChI=1S/C21H15NO2/c1-14-10-11-18-16(13-14)20(23)19(15-7-3-2-4-8-15)21(24-18)17-9-5-6-12-22-17/h2-13H,1H3. The van der Waals surface area contributed by atoms with Crippen molar-refractivity contribution in [2.24, 2.45) is 0 Å². The molecular formula is C21H15NO2. The van der Waals surface area contributed by atoms with Crippen LogP contribution in [0.3, 0.4) is 0 Å². The summed E-state index contributed by atoms with van der Waals surface area (Å²) in [4.78, 5) is 17.6. The zero-order chi connectivity index (χ0) is 16.5. The van der Waals surface area contributed by atoms with E-state index in [1.54, 1.807) is 6.20 Å². The molecule has 116 valence electrons. The molecule has 4 rings (SSSR count). The monoisotopic (exact) mass is 313 g/mol. The van der Waals surface area contributed by atoms with E-state index in [2.05, 4.69) is 4.98 Å². The van der Waals surface area contributed by atoms with Crippen LogP contribution in [0.25, 0.3) is 33.6 Å². The summed E-state index contributed by atoms with van der Waals surface area (Å²) in [5, 5.41) is 0.591. The van der Waals surface area contributed by atoms with Gasteiger partial charge in [-0.1, -0.05) is 48.0 Å². The third-order valence-corrected chi connectivity index (χ3v) is 4.01. The molecule has 4 aromatic rings. The average molecular weight is 313 g/mol. The average Bonchev–Trinajstić information content (AvgIpc) is 2.63. The molecule has 2 aromatic heterocycles. The minimum atomic E-state index is -0.0354. The van der Waals surface area contributed by atoms with Gasteiger partial charge in [0, 0.05) is 6.20 Å². The van der Waals surface area contributed by atoms with Crippen LogP contribution in [0.1, 0.15) is 5.56 Å². The van der Waals surface area contributed by atoms with E-state index in [1.165, 1.54) is 0 Å². The maximum absolute atomic E-state index is 13.2. The highest BCUT2D eigenvalue weighted by molar-refractivity contribution is 5.88. The topological polar surface area (TPSA) is 43.1 Å². The number of pyridine rings is 1. The molecule has 0 aliphatic heterocycles. The smallest absolute Gasteiger partial charge is 0.201 e. The number of hydrogen-bond acceptors (Lipinski definition) is 3. The molecule has 3 nitrogen and oxygen atoms in total. The molecule has 2 heterocycles. The summed E-state index contributed by atoms with van der Waals surface area (Å²) in [7, 11) is 0. The summed E-state index contributed by atoms with van der Waals surface area (Å²) < 4.78 is 6.11. The van der Waals surface area contributed by atoms with Gasteiger partial charge in [-0.2, -0.15) is 0 Å². The normalized spacial score (nSPS) is 10.9. The molecule has 0 aliphatic carbocycles. The van der Waals surface area contributed by atoms with Crippen molar-refractivity contribution in [3.8, 4) is 22.6 Å². The van der Waals surface area contributed by atoms with Crippen molar-refractivity contribution >= 4 is 11.0 Å². The van der Waals surface area contributed by atoms with E-state index in [0.717, 1.165) is 11.1 Å². The summed E-state index contributed by atoms with van der Waals surface area (Å²) >= 11 is 0. The highest BCUT2D eigenvalue weighted by Crippen LogP contribution is 2.31. The van der Waals surface area contributed by atoms with Gasteiger partial charge in [-0.15, -0.1) is 0 Å². The van der Waals surface area contributed by atoms with E-state index in [1.807, 2.05) is 73.7 Å². The van der Waals surface area contributed by atoms with Gasteiger partial charge in [-0.05, 0) is 36.8 Å². The second kappa shape index (κ2) is 5.78. The van der Waals surface area contributed by atoms with E-state index in [-0.39, 0.29) is 5.43 Å². The summed E-state index contributed by atoms with van der Waals surface area (Å²) in [5.41, 5.74) is 3.59. The van der Waals surface area contributed by atoms with Gasteiger partial charge in [0.1, 0.15) is 11.3 Å². The van der Waals surface area contributed by atoms with E-state index in [4.69, 9.17) is 4.42 Å². The van der Waals surface area contributed by atoms with E-state index < -0.39 is 0 Å². The SMILES string of the molecule is Cc1ccc2oc(-c3ccccn3)c(-c3ccccc3)c(=O)c2c1. The van der Waals surface area contributed by atoms with Crippen molar-refractivity contribution in [2.45, 2.75) is 6.92 Å². The third kappa shape index (κ3) is 2.40. The summed E-state index contributed by atoms with van der Waals surface area (Å²) in [6, 6.07) is 20.8. The predicted octanol–water partition coefficient (Wildman–Crippen LogP) is 4.83. The largest absolute Gasteiger partial charge is 0.454 e. The van der Waals surface area contributed by atoms with Crippen LogP contribution in [0.4, 0.5) is 0 Å². The molecule has 0 unspecified atom stereocenters. The van der Waals surface area contributed by atoms with Crippen molar-refractivity contribution in [3.63, 3.8) is 0 Å². The molecule has 0 aliphatic rings. The van der Waals surface area contributed by atoms with Gasteiger partial charge in [0.2, 0.25) is 5.43 Å². The molecule has 0 bridgehead atoms. The lowest BCUT2D eigenvalue weighted by molar-refractivity contribution is 0.618. The Hall–Kier alpha value is -3.20. The fraction of sp³-hybridized carbons (Fsp3) is 0.0476. The molecular weight excluding hydrogens is 298 g/mol. The Bertz CT molecular complexity index is 1070. The first-order chi connectivity index (χ1) is 11.7. The van der Waals surface area contributed by atoms with Crippen molar-refractivity contribution in [1.29, 1.82) is 0 Å². The van der Waals surface area contributed by atoms with Crippen LogP contribution in [0.2, 0.25) is 0 Å². The first-order valence-electron chi connectivity index (χ1n) is 7.78. The maximum atomic E-state index is 13.2. The van der Waals surface area contributed by atoms with Crippen molar-refractivity contribution < 1.29 is 4.42 Å². The molecule has 0 amide bonds. The zero-order valence-corrected chi connectivity index (χ0v) is 13.2. The second-order valence-electron chi connectivity index (χ2n) is 5.72. The van der Waals surface area contributed by atoms with Crippen LogP contribution in [0.15, 0.2) is 82.1 Å². The Morgan fingerprint density at radius 1 is 0.917 bits per heavy atom. The number of aromatic nitrogens is 1. The van der Waals surface area contributed by atoms with Gasteiger partial charge >= 0.3 is 0 Å². The third-order valence-electron chi connectivity index (χ3n) is 4.01. The number of fused-ring (bicyclic) bond motifs is 1. The van der Waals surface area contributed by atoms with Gasteiger partial charge < -0.3 is 4.42 Å². The summed E-state index contributed by atoms with van der Waals surface area (Å²) in [5.74, 6) is 0.503. The lowest BCUT2D eigenvalue weighted by Gasteiger charge is -2.10. The predicted molar refractivity (Wildman–Crippen MR) is 95.9 cm³/mol. The number of hydrogen-bond donors (Lipinski definition) is 0. The van der Waals surface area contributed by atoms with Crippen LogP contribution in [0.5, 0.6) is 0 Å². The van der Waals surface area contributed by atoms with Crippen molar-refractivity contribution in [2.75, 3.05) is 0 Å². The molecule has 2 aromatic carbocycles. The van der Waals surface area contributed by atoms with E-state index in [9.17, 15) is 4.79 Å². The van der Waals surface area contributed by atoms with Crippen molar-refractivity contribution in [1.82, 2.24) is 4.98 Å². The van der Waals surface area contributed by atoms with Gasteiger partial charge in [-0.3, -0.25) is 9.78 Å². The lowest BCUT2D eigenvalue weighted by Crippen LogP contribution is -2.08. The van der Waals surface area contributed by atoms with Gasteiger partial charge in [0.05, 0.1) is 10.9 Å². The molecule has 0 N–H and O–H groups in total. The molecule has 0 saturated heterocycles. The number of rotatable bonds is 2. The molecule has 0 fully saturated rings. The zero-order valence-electron chi connectivity index (χ0n) is 13.2. The number of aryl methyl sites for hydroxylation is 1. The van der Waals surface area contributed by atoms with Gasteiger partial charge in [0.15, 0.2) is 5.76 Å². The summed E-state index contributed by atoms with van der Waals surface area (Å²) in [6.45, 7) is 1.97. The number of nitrogens with zero attached hydrogens (tertiary/aromatic N) is 1. The quantitative estimate of drug-likeness (QED) is 0.532. The van der Waals surface area contributed by atoms with Crippen LogP contribution < -0.4 is 5.43 Å². The minimum Gasteiger partial charge on any atom is -0.454 e. The first-order valence-corrected chi connectivity index (χ1v) is 7.78. The molecule has 0 atom stereocenters. The maximum Gasteiger partial charge on any atom is 0.201 e. The van der Waals surface area contributed by atoms with Gasteiger partial charge in [-0.25, -0.2) is 0 Å². The Kier molecular flexibility index (Phi) is 3.47. The van der Waals surface area contributed by atoms with Crippen LogP contribution in [-0.2, 0) is 0 Å². The minimum absolute atomic E-state index is 0.0354. The number of benzene rings is 2.